The molecule has 3 nitrogen and oxygen atoms in total. The molecule has 1 atom stereocenters. The maximum atomic E-state index is 13.5. The second-order valence-corrected chi connectivity index (χ2v) is 7.63. The molecule has 4 rings (SSSR count). The summed E-state index contributed by atoms with van der Waals surface area (Å²) >= 11 is 1.46. The van der Waals surface area contributed by atoms with Crippen LogP contribution in [0.4, 0.5) is 18.9 Å². The molecule has 1 aliphatic carbocycles. The Morgan fingerprint density at radius 3 is 2.52 bits per heavy atom. The topological polar surface area (TPSA) is 37.4 Å². The third-order valence-electron chi connectivity index (χ3n) is 5.01. The van der Waals surface area contributed by atoms with E-state index in [4.69, 9.17) is 0 Å². The van der Waals surface area contributed by atoms with Gasteiger partial charge in [0, 0.05) is 34.9 Å². The van der Waals surface area contributed by atoms with Gasteiger partial charge in [-0.05, 0) is 36.4 Å². The summed E-state index contributed by atoms with van der Waals surface area (Å²) in [5.41, 5.74) is -0.127. The number of nitrogens with zero attached hydrogens (tertiary/aromatic N) is 1. The van der Waals surface area contributed by atoms with Crippen LogP contribution in [0.25, 0.3) is 0 Å². The van der Waals surface area contributed by atoms with Gasteiger partial charge in [0.25, 0.3) is 0 Å². The first kappa shape index (κ1) is 18.0. The van der Waals surface area contributed by atoms with E-state index in [1.165, 1.54) is 29.5 Å². The Balaban J connectivity index is 1.91. The second-order valence-electron chi connectivity index (χ2n) is 6.65. The number of Topliss-reactive ketones (excluding diaryl/α,β-unsaturated/α-hetero) is 1. The van der Waals surface area contributed by atoms with Crippen molar-refractivity contribution in [1.29, 1.82) is 0 Å². The number of hydrogen-bond donors (Lipinski definition) is 0. The van der Waals surface area contributed by atoms with Crippen molar-refractivity contribution in [3.63, 3.8) is 0 Å². The number of rotatable bonds is 2. The lowest BCUT2D eigenvalue weighted by Crippen LogP contribution is -2.41. The third kappa shape index (κ3) is 3.10. The van der Waals surface area contributed by atoms with Gasteiger partial charge in [0.1, 0.15) is 0 Å². The molecule has 1 aliphatic heterocycles. The van der Waals surface area contributed by atoms with Crippen molar-refractivity contribution >= 4 is 28.7 Å². The highest BCUT2D eigenvalue weighted by molar-refractivity contribution is 7.10. The van der Waals surface area contributed by atoms with Crippen molar-refractivity contribution in [2.45, 2.75) is 37.8 Å². The number of anilines is 1. The lowest BCUT2D eigenvalue weighted by molar-refractivity contribution is -0.137. The Morgan fingerprint density at radius 2 is 1.81 bits per heavy atom. The summed E-state index contributed by atoms with van der Waals surface area (Å²) in [5, 5.41) is 1.87. The van der Waals surface area contributed by atoms with Crippen molar-refractivity contribution in [3.8, 4) is 0 Å². The molecule has 7 heteroatoms. The lowest BCUT2D eigenvalue weighted by Gasteiger charge is -2.38. The Hall–Kier alpha value is -2.41. The van der Waals surface area contributed by atoms with E-state index in [0.29, 0.717) is 30.5 Å². The van der Waals surface area contributed by atoms with Gasteiger partial charge in [-0.2, -0.15) is 13.2 Å². The standard InChI is InChI=1S/C20H16F3NO2S/c21-20(22,23)13-5-1-2-6-14(13)24-15-7-3-8-16(25)19(15)12(11-18(24)26)17-9-4-10-27-17/h1-2,4-6,9-10,12H,3,7-8,11H2/t12-/m1/s1. The number of thiophene rings is 1. The quantitative estimate of drug-likeness (QED) is 0.697. The van der Waals surface area contributed by atoms with E-state index in [1.807, 2.05) is 17.5 Å². The van der Waals surface area contributed by atoms with Crippen molar-refractivity contribution < 1.29 is 22.8 Å². The highest BCUT2D eigenvalue weighted by atomic mass is 32.1. The molecule has 2 aliphatic rings. The summed E-state index contributed by atoms with van der Waals surface area (Å²) in [6.07, 6.45) is -3.27. The molecule has 2 heterocycles. The first-order valence-corrected chi connectivity index (χ1v) is 9.54. The lowest BCUT2D eigenvalue weighted by atomic mass is 9.79. The summed E-state index contributed by atoms with van der Waals surface area (Å²) in [6.45, 7) is 0. The van der Waals surface area contributed by atoms with Crippen LogP contribution in [0.3, 0.4) is 0 Å². The van der Waals surface area contributed by atoms with Crippen molar-refractivity contribution in [2.24, 2.45) is 0 Å². The van der Waals surface area contributed by atoms with Crippen LogP contribution in [0.5, 0.6) is 0 Å². The molecule has 0 radical (unpaired) electrons. The van der Waals surface area contributed by atoms with Crippen molar-refractivity contribution in [1.82, 2.24) is 0 Å². The van der Waals surface area contributed by atoms with Gasteiger partial charge in [0.05, 0.1) is 11.3 Å². The number of ketones is 1. The molecule has 140 valence electrons. The molecule has 0 saturated heterocycles. The van der Waals surface area contributed by atoms with Gasteiger partial charge in [-0.1, -0.05) is 18.2 Å². The van der Waals surface area contributed by atoms with Crippen LogP contribution in [0.15, 0.2) is 53.0 Å². The van der Waals surface area contributed by atoms with Crippen LogP contribution in [-0.4, -0.2) is 11.7 Å². The van der Waals surface area contributed by atoms with Crippen molar-refractivity contribution in [3.05, 3.63) is 63.5 Å². The highest BCUT2D eigenvalue weighted by Crippen LogP contribution is 2.46. The minimum atomic E-state index is -4.58. The zero-order valence-corrected chi connectivity index (χ0v) is 15.1. The minimum Gasteiger partial charge on any atom is -0.294 e. The molecular weight excluding hydrogens is 375 g/mol. The average Bonchev–Trinajstić information content (AvgIpc) is 3.15. The summed E-state index contributed by atoms with van der Waals surface area (Å²) < 4.78 is 40.5. The SMILES string of the molecule is O=C1CCCC2=C1[C@@H](c1cccs1)CC(=O)N2c1ccccc1C(F)(F)F. The molecule has 0 unspecified atom stereocenters. The van der Waals surface area contributed by atoms with Crippen LogP contribution >= 0.6 is 11.3 Å². The Kier molecular flexibility index (Phi) is 4.42. The van der Waals surface area contributed by atoms with Crippen LogP contribution in [0, 0.1) is 0 Å². The molecule has 0 spiro atoms. The van der Waals surface area contributed by atoms with Crippen molar-refractivity contribution in [2.75, 3.05) is 4.90 Å². The van der Waals surface area contributed by atoms with E-state index in [0.717, 1.165) is 15.8 Å². The number of amides is 1. The Bertz CT molecular complexity index is 931. The van der Waals surface area contributed by atoms with Gasteiger partial charge in [-0.25, -0.2) is 0 Å². The van der Waals surface area contributed by atoms with E-state index in [2.05, 4.69) is 0 Å². The fourth-order valence-electron chi connectivity index (χ4n) is 3.91. The largest absolute Gasteiger partial charge is 0.418 e. The molecule has 0 bridgehead atoms. The summed E-state index contributed by atoms with van der Waals surface area (Å²) in [5.74, 6) is -0.843. The van der Waals surface area contributed by atoms with Gasteiger partial charge in [0.2, 0.25) is 5.91 Å². The number of alkyl halides is 3. The second kappa shape index (κ2) is 6.64. The maximum Gasteiger partial charge on any atom is 0.418 e. The molecule has 0 fully saturated rings. The molecule has 0 saturated carbocycles. The summed E-state index contributed by atoms with van der Waals surface area (Å²) in [6, 6.07) is 8.77. The predicted octanol–water partition coefficient (Wildman–Crippen LogP) is 5.29. The van der Waals surface area contributed by atoms with Gasteiger partial charge >= 0.3 is 6.18 Å². The van der Waals surface area contributed by atoms with Gasteiger partial charge < -0.3 is 0 Å². The number of carbonyl (C=O) groups excluding carboxylic acids is 2. The zero-order valence-electron chi connectivity index (χ0n) is 14.3. The number of benzene rings is 1. The highest BCUT2D eigenvalue weighted by Gasteiger charge is 2.43. The molecule has 0 N–H and O–H groups in total. The molecule has 2 aromatic rings. The molecule has 1 amide bonds. The van der Waals surface area contributed by atoms with Gasteiger partial charge in [-0.3, -0.25) is 14.5 Å². The summed E-state index contributed by atoms with van der Waals surface area (Å²) in [7, 11) is 0. The Morgan fingerprint density at radius 1 is 1.04 bits per heavy atom. The predicted molar refractivity (Wildman–Crippen MR) is 96.5 cm³/mol. The number of halogens is 3. The van der Waals surface area contributed by atoms with Crippen LogP contribution < -0.4 is 4.90 Å². The van der Waals surface area contributed by atoms with E-state index >= 15 is 0 Å². The maximum absolute atomic E-state index is 13.5. The summed E-state index contributed by atoms with van der Waals surface area (Å²) in [4.78, 5) is 27.7. The molecule has 1 aromatic heterocycles. The monoisotopic (exact) mass is 391 g/mol. The Labute approximate surface area is 158 Å². The van der Waals surface area contributed by atoms with E-state index in [1.54, 1.807) is 0 Å². The normalized spacial score (nSPS) is 20.9. The van der Waals surface area contributed by atoms with E-state index in [-0.39, 0.29) is 23.8 Å². The molecule has 1 aromatic carbocycles. The number of para-hydroxylation sites is 1. The first-order valence-electron chi connectivity index (χ1n) is 8.66. The van der Waals surface area contributed by atoms with Crippen LogP contribution in [-0.2, 0) is 15.8 Å². The van der Waals surface area contributed by atoms with Crippen LogP contribution in [0.1, 0.15) is 42.0 Å². The fraction of sp³-hybridized carbons (Fsp3) is 0.300. The third-order valence-corrected chi connectivity index (χ3v) is 6.00. The van der Waals surface area contributed by atoms with Gasteiger partial charge in [0.15, 0.2) is 5.78 Å². The average molecular weight is 391 g/mol. The number of hydrogen-bond acceptors (Lipinski definition) is 3. The first-order chi connectivity index (χ1) is 12.9. The van der Waals surface area contributed by atoms with E-state index < -0.39 is 17.6 Å². The fourth-order valence-corrected chi connectivity index (χ4v) is 4.75. The van der Waals surface area contributed by atoms with E-state index in [9.17, 15) is 22.8 Å². The number of carbonyl (C=O) groups is 2. The number of allylic oxidation sites excluding steroid dienone is 2. The molecule has 27 heavy (non-hydrogen) atoms. The molecular formula is C20H16F3NO2S. The van der Waals surface area contributed by atoms with Gasteiger partial charge in [-0.15, -0.1) is 11.3 Å². The smallest absolute Gasteiger partial charge is 0.294 e. The van der Waals surface area contributed by atoms with Crippen LogP contribution in [0.2, 0.25) is 0 Å². The zero-order chi connectivity index (χ0) is 19.2. The minimum absolute atomic E-state index is 0.00270.